The first-order valence-electron chi connectivity index (χ1n) is 14.5. The predicted octanol–water partition coefficient (Wildman–Crippen LogP) is 3.54. The molecule has 9 heteroatoms. The van der Waals surface area contributed by atoms with Crippen molar-refractivity contribution in [2.45, 2.75) is 76.1 Å². The highest BCUT2D eigenvalue weighted by Gasteiger charge is 2.35. The quantitative estimate of drug-likeness (QED) is 0.292. The third-order valence-electron chi connectivity index (χ3n) is 9.53. The van der Waals surface area contributed by atoms with E-state index < -0.39 is 0 Å². The van der Waals surface area contributed by atoms with Gasteiger partial charge in [-0.3, -0.25) is 14.3 Å². The van der Waals surface area contributed by atoms with Crippen LogP contribution in [-0.2, 0) is 6.54 Å². The molecular weight excluding hydrogens is 480 g/mol. The molecule has 1 aromatic carbocycles. The van der Waals surface area contributed by atoms with Gasteiger partial charge in [0, 0.05) is 61.5 Å². The Morgan fingerprint density at radius 1 is 0.974 bits per heavy atom. The number of aliphatic hydroxyl groups is 1. The molecule has 3 aliphatic heterocycles. The summed E-state index contributed by atoms with van der Waals surface area (Å²) in [7, 11) is 0. The largest absolute Gasteiger partial charge is 0.633 e. The maximum Gasteiger partial charge on any atom is 0.260 e. The first-order valence-corrected chi connectivity index (χ1v) is 14.5. The van der Waals surface area contributed by atoms with Crippen LogP contribution in [0.5, 0.6) is 0 Å². The fourth-order valence-corrected chi connectivity index (χ4v) is 6.92. The summed E-state index contributed by atoms with van der Waals surface area (Å²) in [6.07, 6.45) is 8.91. The van der Waals surface area contributed by atoms with Crippen LogP contribution in [0.25, 0.3) is 21.8 Å². The van der Waals surface area contributed by atoms with Gasteiger partial charge in [0.05, 0.1) is 25.7 Å². The molecule has 2 saturated carbocycles. The molecule has 3 saturated heterocycles. The van der Waals surface area contributed by atoms with E-state index in [9.17, 15) is 15.1 Å². The van der Waals surface area contributed by atoms with E-state index in [2.05, 4.69) is 33.4 Å². The number of hydrogen-bond donors (Lipinski definition) is 2. The van der Waals surface area contributed by atoms with Gasteiger partial charge in [-0.05, 0) is 61.5 Å². The molecule has 0 unspecified atom stereocenters. The van der Waals surface area contributed by atoms with Gasteiger partial charge in [0.2, 0.25) is 5.95 Å². The second-order valence-electron chi connectivity index (χ2n) is 12.2. The number of hydroxylamine groups is 3. The van der Waals surface area contributed by atoms with Crippen molar-refractivity contribution < 1.29 is 9.75 Å². The molecular formula is C29H38N6O3. The number of piperidine rings is 1. The zero-order valence-corrected chi connectivity index (χ0v) is 22.0. The number of aromatic nitrogens is 3. The van der Waals surface area contributed by atoms with Crippen LogP contribution in [0.3, 0.4) is 0 Å². The van der Waals surface area contributed by atoms with Gasteiger partial charge in [-0.15, -0.1) is 0 Å². The van der Waals surface area contributed by atoms with E-state index in [1.807, 2.05) is 10.8 Å². The van der Waals surface area contributed by atoms with E-state index in [1.165, 1.54) is 12.8 Å². The highest BCUT2D eigenvalue weighted by molar-refractivity contribution is 6.04. The number of nitrogens with zero attached hydrogens (tertiary/aromatic N) is 5. The Hall–Kier alpha value is -2.59. The van der Waals surface area contributed by atoms with E-state index >= 15 is 0 Å². The molecule has 2 bridgehead atoms. The molecule has 0 radical (unpaired) electrons. The van der Waals surface area contributed by atoms with Gasteiger partial charge in [-0.25, -0.2) is 4.98 Å². The van der Waals surface area contributed by atoms with Gasteiger partial charge >= 0.3 is 0 Å². The highest BCUT2D eigenvalue weighted by Crippen LogP contribution is 2.33. The molecule has 9 nitrogen and oxygen atoms in total. The average Bonchev–Trinajstić information content (AvgIpc) is 3.78. The van der Waals surface area contributed by atoms with Crippen molar-refractivity contribution in [2.24, 2.45) is 5.92 Å². The lowest BCUT2D eigenvalue weighted by Gasteiger charge is -2.44. The summed E-state index contributed by atoms with van der Waals surface area (Å²) in [6, 6.07) is 6.71. The fourth-order valence-electron chi connectivity index (χ4n) is 6.92. The minimum Gasteiger partial charge on any atom is -0.633 e. The number of rotatable bonds is 6. The van der Waals surface area contributed by atoms with E-state index in [1.54, 1.807) is 0 Å². The number of anilines is 1. The Kier molecular flexibility index (Phi) is 6.15. The predicted molar refractivity (Wildman–Crippen MR) is 148 cm³/mol. The van der Waals surface area contributed by atoms with Gasteiger partial charge in [0.25, 0.3) is 5.56 Å². The molecule has 5 fully saturated rings. The topological polar surface area (TPSA) is 106 Å². The number of pyridine rings is 1. The van der Waals surface area contributed by atoms with Crippen LogP contribution in [0.15, 0.2) is 29.2 Å². The highest BCUT2D eigenvalue weighted by atomic mass is 16.5. The molecule has 5 heterocycles. The minimum atomic E-state index is -0.290. The van der Waals surface area contributed by atoms with Crippen LogP contribution in [0.1, 0.15) is 63.0 Å². The number of aliphatic hydroxyl groups excluding tert-OH is 1. The van der Waals surface area contributed by atoms with E-state index in [-0.39, 0.29) is 22.4 Å². The zero-order chi connectivity index (χ0) is 25.9. The maximum absolute atomic E-state index is 14.1. The minimum absolute atomic E-state index is 0.00504. The molecule has 8 rings (SSSR count). The second kappa shape index (κ2) is 9.55. The average molecular weight is 519 g/mol. The summed E-state index contributed by atoms with van der Waals surface area (Å²) < 4.78 is 1.85. The Morgan fingerprint density at radius 3 is 2.53 bits per heavy atom. The Balaban J connectivity index is 1.28. The molecule has 0 atom stereocenters. The normalized spacial score (nSPS) is 30.1. The molecule has 0 spiro atoms. The summed E-state index contributed by atoms with van der Waals surface area (Å²) in [5.41, 5.74) is 1.79. The number of hydrogen-bond acceptors (Lipinski definition) is 7. The van der Waals surface area contributed by atoms with Crippen molar-refractivity contribution in [3.05, 3.63) is 45.5 Å². The third kappa shape index (κ3) is 4.59. The molecule has 2 aromatic heterocycles. The third-order valence-corrected chi connectivity index (χ3v) is 9.53. The van der Waals surface area contributed by atoms with Crippen LogP contribution in [0, 0.1) is 11.1 Å². The lowest BCUT2D eigenvalue weighted by atomic mass is 9.92. The van der Waals surface area contributed by atoms with Crippen LogP contribution in [-0.4, -0.2) is 74.1 Å². The molecule has 3 aromatic rings. The molecule has 0 amide bonds. The smallest absolute Gasteiger partial charge is 0.260 e. The van der Waals surface area contributed by atoms with Gasteiger partial charge in [-0.1, -0.05) is 12.1 Å². The van der Waals surface area contributed by atoms with Crippen LogP contribution in [0.2, 0.25) is 0 Å². The van der Waals surface area contributed by atoms with Crippen molar-refractivity contribution in [1.29, 1.82) is 0 Å². The molecule has 202 valence electrons. The van der Waals surface area contributed by atoms with E-state index in [4.69, 9.17) is 4.98 Å². The van der Waals surface area contributed by atoms with Crippen molar-refractivity contribution in [3.63, 3.8) is 0 Å². The number of quaternary nitrogens is 1. The Labute approximate surface area is 222 Å². The van der Waals surface area contributed by atoms with Crippen molar-refractivity contribution >= 4 is 27.8 Å². The number of nitrogens with one attached hydrogen (secondary N) is 1. The Bertz CT molecular complexity index is 1400. The van der Waals surface area contributed by atoms with Crippen LogP contribution >= 0.6 is 0 Å². The number of fused-ring (bicyclic) bond motifs is 7. The van der Waals surface area contributed by atoms with E-state index in [0.29, 0.717) is 48.3 Å². The monoisotopic (exact) mass is 518 g/mol. The first kappa shape index (κ1) is 24.5. The van der Waals surface area contributed by atoms with E-state index in [0.717, 1.165) is 74.7 Å². The van der Waals surface area contributed by atoms with Crippen molar-refractivity contribution in [1.82, 2.24) is 19.4 Å². The lowest BCUT2D eigenvalue weighted by molar-refractivity contribution is -0.881. The van der Waals surface area contributed by atoms with Crippen molar-refractivity contribution in [2.75, 3.05) is 38.0 Å². The summed E-state index contributed by atoms with van der Waals surface area (Å²) in [5.74, 6) is 1.28. The lowest BCUT2D eigenvalue weighted by Crippen LogP contribution is -2.47. The summed E-state index contributed by atoms with van der Waals surface area (Å²) in [4.78, 5) is 26.1. The Morgan fingerprint density at radius 2 is 1.76 bits per heavy atom. The standard InChI is InChI=1S/C29H38N6O3/c36-23-6-4-22(5-7-23)34-27-26(17-31-29(32-27)30-16-19-1-2-19)24-8-3-20(15-25(24)28(34)37)18-33-11-14-35(38)12-9-21(33)10-13-35/h3,8,15,17,19,21-23,36H,1-2,4-7,9-14,16,18H2,(H,30,31,32)/t21-,22?,23?,35+. The molecule has 2 aliphatic carbocycles. The first-order chi connectivity index (χ1) is 18.5. The summed E-state index contributed by atoms with van der Waals surface area (Å²) in [5, 5.41) is 28.8. The summed E-state index contributed by atoms with van der Waals surface area (Å²) >= 11 is 0. The maximum atomic E-state index is 14.1. The van der Waals surface area contributed by atoms with Gasteiger partial charge in [-0.2, -0.15) is 4.98 Å². The zero-order valence-electron chi connectivity index (χ0n) is 22.0. The second-order valence-corrected chi connectivity index (χ2v) is 12.2. The number of benzene rings is 1. The fraction of sp³-hybridized carbons (Fsp3) is 0.621. The van der Waals surface area contributed by atoms with Crippen LogP contribution < -0.4 is 10.9 Å². The summed E-state index contributed by atoms with van der Waals surface area (Å²) in [6.45, 7) is 4.54. The molecule has 38 heavy (non-hydrogen) atoms. The van der Waals surface area contributed by atoms with Gasteiger partial charge < -0.3 is 20.3 Å². The molecule has 2 N–H and O–H groups in total. The van der Waals surface area contributed by atoms with Crippen molar-refractivity contribution in [3.8, 4) is 0 Å². The molecule has 5 aliphatic rings. The van der Waals surface area contributed by atoms with Gasteiger partial charge in [0.1, 0.15) is 5.65 Å². The van der Waals surface area contributed by atoms with Gasteiger partial charge in [0.15, 0.2) is 0 Å². The SMILES string of the molecule is O=c1c2cc(CN3CC[N@+]4([O-])CC[C@@H]3CC4)ccc2c2cnc(NCC3CC3)nc2n1C1CCC(O)CC1. The van der Waals surface area contributed by atoms with Crippen LogP contribution in [0.4, 0.5) is 5.95 Å².